The predicted octanol–water partition coefficient (Wildman–Crippen LogP) is 1.53. The van der Waals surface area contributed by atoms with E-state index in [1.54, 1.807) is 20.4 Å². The van der Waals surface area contributed by atoms with E-state index in [0.29, 0.717) is 11.7 Å². The molecule has 1 aromatic rings. The number of benzene rings is 1. The van der Waals surface area contributed by atoms with E-state index in [9.17, 15) is 0 Å². The Morgan fingerprint density at radius 1 is 1.42 bits per heavy atom. The number of hydrogen-bond acceptors (Lipinski definition) is 4. The van der Waals surface area contributed by atoms with E-state index < -0.39 is 0 Å². The van der Waals surface area contributed by atoms with Gasteiger partial charge in [-0.25, -0.2) is 0 Å². The molecule has 0 radical (unpaired) electrons. The van der Waals surface area contributed by atoms with Crippen LogP contribution in [0, 0.1) is 0 Å². The van der Waals surface area contributed by atoms with Gasteiger partial charge in [-0.15, -0.1) is 0 Å². The molecule has 19 heavy (non-hydrogen) atoms. The van der Waals surface area contributed by atoms with Gasteiger partial charge in [0, 0.05) is 18.7 Å². The molecule has 0 aromatic heterocycles. The van der Waals surface area contributed by atoms with Crippen LogP contribution >= 0.6 is 12.2 Å². The van der Waals surface area contributed by atoms with E-state index in [4.69, 9.17) is 21.7 Å². The first-order valence-corrected chi connectivity index (χ1v) is 6.29. The van der Waals surface area contributed by atoms with Crippen LogP contribution in [0.1, 0.15) is 12.5 Å². The molecule has 5 nitrogen and oxygen atoms in total. The van der Waals surface area contributed by atoms with E-state index in [2.05, 4.69) is 15.8 Å². The van der Waals surface area contributed by atoms with Crippen LogP contribution in [0.2, 0.25) is 0 Å². The zero-order valence-corrected chi connectivity index (χ0v) is 12.2. The number of ether oxygens (including phenoxy) is 2. The zero-order valence-electron chi connectivity index (χ0n) is 11.3. The monoisotopic (exact) mass is 281 g/mol. The maximum atomic E-state index is 5.22. The van der Waals surface area contributed by atoms with Crippen LogP contribution in [0.25, 0.3) is 0 Å². The molecule has 1 aromatic carbocycles. The van der Waals surface area contributed by atoms with Gasteiger partial charge in [-0.1, -0.05) is 12.1 Å². The van der Waals surface area contributed by atoms with Crippen molar-refractivity contribution in [1.29, 1.82) is 0 Å². The van der Waals surface area contributed by atoms with Crippen LogP contribution in [0.3, 0.4) is 0 Å². The van der Waals surface area contributed by atoms with Gasteiger partial charge in [0.2, 0.25) is 0 Å². The molecule has 0 aliphatic heterocycles. The fourth-order valence-corrected chi connectivity index (χ4v) is 1.74. The topological polar surface area (TPSA) is 54.9 Å². The first kappa shape index (κ1) is 15.4. The van der Waals surface area contributed by atoms with Crippen LogP contribution in [0.5, 0.6) is 5.75 Å². The standard InChI is InChI=1S/C13H19N3O2S/c1-10(9-17-2)15-13(19)16-14-8-11-6-4-5-7-12(11)18-3/h4-8,10H,9H2,1-3H3,(H2,15,16,19)/b14-8-/t10-/m1/s1. The van der Waals surface area contributed by atoms with Crippen molar-refractivity contribution in [2.24, 2.45) is 5.10 Å². The summed E-state index contributed by atoms with van der Waals surface area (Å²) in [7, 11) is 3.27. The molecule has 0 aliphatic carbocycles. The lowest BCUT2D eigenvalue weighted by molar-refractivity contribution is 0.179. The average Bonchev–Trinajstić information content (AvgIpc) is 2.39. The number of para-hydroxylation sites is 1. The minimum atomic E-state index is 0.131. The summed E-state index contributed by atoms with van der Waals surface area (Å²) in [6, 6.07) is 7.74. The third-order valence-electron chi connectivity index (χ3n) is 2.30. The number of hydrazone groups is 1. The van der Waals surface area contributed by atoms with E-state index in [1.165, 1.54) is 0 Å². The van der Waals surface area contributed by atoms with Crippen molar-refractivity contribution in [3.8, 4) is 5.75 Å². The van der Waals surface area contributed by atoms with Gasteiger partial charge in [0.15, 0.2) is 5.11 Å². The summed E-state index contributed by atoms with van der Waals surface area (Å²) in [6.07, 6.45) is 1.66. The molecule has 0 amide bonds. The molecule has 0 aliphatic rings. The Morgan fingerprint density at radius 3 is 2.84 bits per heavy atom. The molecule has 0 unspecified atom stereocenters. The molecular formula is C13H19N3O2S. The van der Waals surface area contributed by atoms with Crippen molar-refractivity contribution in [1.82, 2.24) is 10.7 Å². The highest BCUT2D eigenvalue weighted by molar-refractivity contribution is 7.80. The van der Waals surface area contributed by atoms with Crippen molar-refractivity contribution in [2.45, 2.75) is 13.0 Å². The quantitative estimate of drug-likeness (QED) is 0.470. The number of methoxy groups -OCH3 is 2. The molecule has 0 bridgehead atoms. The normalized spacial score (nSPS) is 12.2. The van der Waals surface area contributed by atoms with Crippen molar-refractivity contribution in [2.75, 3.05) is 20.8 Å². The van der Waals surface area contributed by atoms with E-state index >= 15 is 0 Å². The summed E-state index contributed by atoms with van der Waals surface area (Å²) in [6.45, 7) is 2.56. The van der Waals surface area contributed by atoms with Gasteiger partial charge in [-0.05, 0) is 31.3 Å². The van der Waals surface area contributed by atoms with Gasteiger partial charge in [0.25, 0.3) is 0 Å². The van der Waals surface area contributed by atoms with Crippen LogP contribution in [-0.2, 0) is 4.74 Å². The lowest BCUT2D eigenvalue weighted by atomic mass is 10.2. The summed E-state index contributed by atoms with van der Waals surface area (Å²) >= 11 is 5.10. The molecule has 1 atom stereocenters. The van der Waals surface area contributed by atoms with Crippen molar-refractivity contribution in [3.05, 3.63) is 29.8 Å². The molecule has 1 rings (SSSR count). The van der Waals surface area contributed by atoms with Gasteiger partial charge < -0.3 is 14.8 Å². The lowest BCUT2D eigenvalue weighted by Crippen LogP contribution is -2.40. The number of thiocarbonyl (C=S) groups is 1. The molecule has 104 valence electrons. The predicted molar refractivity (Wildman–Crippen MR) is 80.8 cm³/mol. The maximum absolute atomic E-state index is 5.22. The van der Waals surface area contributed by atoms with Gasteiger partial charge in [0.1, 0.15) is 5.75 Å². The third-order valence-corrected chi connectivity index (χ3v) is 2.51. The van der Waals surface area contributed by atoms with E-state index in [-0.39, 0.29) is 6.04 Å². The van der Waals surface area contributed by atoms with Gasteiger partial charge in [0.05, 0.1) is 19.9 Å². The fraction of sp³-hybridized carbons (Fsp3) is 0.385. The van der Waals surface area contributed by atoms with Gasteiger partial charge >= 0.3 is 0 Å². The number of nitrogens with one attached hydrogen (secondary N) is 2. The Labute approximate surface area is 119 Å². The second-order valence-corrected chi connectivity index (χ2v) is 4.35. The molecular weight excluding hydrogens is 262 g/mol. The Morgan fingerprint density at radius 2 is 2.16 bits per heavy atom. The van der Waals surface area contributed by atoms with Crippen LogP contribution in [0.4, 0.5) is 0 Å². The molecule has 0 spiro atoms. The SMILES string of the molecule is COC[C@@H](C)NC(=S)N/N=C\c1ccccc1OC. The van der Waals surface area contributed by atoms with Gasteiger partial charge in [-0.2, -0.15) is 5.10 Å². The summed E-state index contributed by atoms with van der Waals surface area (Å²) < 4.78 is 10.2. The van der Waals surface area contributed by atoms with Crippen LogP contribution < -0.4 is 15.5 Å². The zero-order chi connectivity index (χ0) is 14.1. The second-order valence-electron chi connectivity index (χ2n) is 3.94. The lowest BCUT2D eigenvalue weighted by Gasteiger charge is -2.13. The second kappa shape index (κ2) is 8.44. The van der Waals surface area contributed by atoms with E-state index in [1.807, 2.05) is 31.2 Å². The van der Waals surface area contributed by atoms with Crippen LogP contribution in [0.15, 0.2) is 29.4 Å². The van der Waals surface area contributed by atoms with Gasteiger partial charge in [-0.3, -0.25) is 5.43 Å². The molecule has 6 heteroatoms. The first-order chi connectivity index (χ1) is 9.17. The Kier molecular flexibility index (Phi) is 6.84. The summed E-state index contributed by atoms with van der Waals surface area (Å²) in [5.41, 5.74) is 3.63. The molecule has 2 N–H and O–H groups in total. The van der Waals surface area contributed by atoms with Crippen molar-refractivity contribution in [3.63, 3.8) is 0 Å². The number of rotatable bonds is 6. The minimum Gasteiger partial charge on any atom is -0.496 e. The molecule has 0 saturated carbocycles. The summed E-state index contributed by atoms with van der Waals surface area (Å²) in [5.74, 6) is 0.764. The number of hydrogen-bond donors (Lipinski definition) is 2. The average molecular weight is 281 g/mol. The highest BCUT2D eigenvalue weighted by Gasteiger charge is 2.02. The van der Waals surface area contributed by atoms with Crippen LogP contribution in [-0.4, -0.2) is 38.2 Å². The largest absolute Gasteiger partial charge is 0.496 e. The number of nitrogens with zero attached hydrogens (tertiary/aromatic N) is 1. The third kappa shape index (κ3) is 5.67. The van der Waals surface area contributed by atoms with E-state index in [0.717, 1.165) is 11.3 Å². The highest BCUT2D eigenvalue weighted by Crippen LogP contribution is 2.14. The highest BCUT2D eigenvalue weighted by atomic mass is 32.1. The fourth-order valence-electron chi connectivity index (χ4n) is 1.48. The molecule has 0 saturated heterocycles. The first-order valence-electron chi connectivity index (χ1n) is 5.89. The molecule has 0 heterocycles. The Bertz CT molecular complexity index is 438. The van der Waals surface area contributed by atoms with Crippen molar-refractivity contribution < 1.29 is 9.47 Å². The molecule has 0 fully saturated rings. The summed E-state index contributed by atoms with van der Waals surface area (Å²) in [4.78, 5) is 0. The minimum absolute atomic E-state index is 0.131. The summed E-state index contributed by atoms with van der Waals surface area (Å²) in [5, 5.41) is 7.56. The Balaban J connectivity index is 2.47. The maximum Gasteiger partial charge on any atom is 0.187 e. The van der Waals surface area contributed by atoms with Crippen molar-refractivity contribution >= 4 is 23.5 Å². The smallest absolute Gasteiger partial charge is 0.187 e. The Hall–Kier alpha value is -1.66.